The number of halogens is 4. The van der Waals surface area contributed by atoms with Gasteiger partial charge in [0.05, 0.1) is 25.2 Å². The summed E-state index contributed by atoms with van der Waals surface area (Å²) in [5.74, 6) is 0. The van der Waals surface area contributed by atoms with Crippen molar-refractivity contribution in [2.75, 3.05) is 0 Å². The average Bonchev–Trinajstić information content (AvgIpc) is 3.22. The number of benzene rings is 3. The summed E-state index contributed by atoms with van der Waals surface area (Å²) in [4.78, 5) is 4.78. The topological polar surface area (TPSA) is 0 Å². The number of hydrogen-bond donors (Lipinski definition) is 0. The molecule has 0 aliphatic carbocycles. The minimum atomic E-state index is 0.838. The SMILES string of the molecule is Clc1c(I)sc2c(Sc3ccccc3)c3c(Cl)c(I)sc3c(Sc3ccccc3)c12. The number of hydrogen-bond acceptors (Lipinski definition) is 4. The lowest BCUT2D eigenvalue weighted by Gasteiger charge is -2.12. The molecular formula is C22H10Cl2I2S4. The van der Waals surface area contributed by atoms with Gasteiger partial charge < -0.3 is 0 Å². The number of rotatable bonds is 4. The van der Waals surface area contributed by atoms with Gasteiger partial charge in [-0.2, -0.15) is 0 Å². The molecule has 0 aliphatic rings. The molecule has 3 aromatic carbocycles. The molecular weight excluding hydrogens is 717 g/mol. The maximum Gasteiger partial charge on any atom is 0.0853 e. The zero-order valence-corrected chi connectivity index (χ0v) is 24.0. The maximum absolute atomic E-state index is 6.88. The van der Waals surface area contributed by atoms with Gasteiger partial charge in [-0.3, -0.25) is 0 Å². The van der Waals surface area contributed by atoms with Crippen molar-refractivity contribution >= 4 is 135 Å². The molecule has 150 valence electrons. The van der Waals surface area contributed by atoms with Gasteiger partial charge in [-0.25, -0.2) is 0 Å². The quantitative estimate of drug-likeness (QED) is 0.169. The van der Waals surface area contributed by atoms with Gasteiger partial charge in [0.25, 0.3) is 0 Å². The number of fused-ring (bicyclic) bond motifs is 2. The first kappa shape index (κ1) is 22.1. The van der Waals surface area contributed by atoms with E-state index in [0.29, 0.717) is 0 Å². The van der Waals surface area contributed by atoms with Crippen LogP contribution in [0.5, 0.6) is 0 Å². The fraction of sp³-hybridized carbons (Fsp3) is 0. The Labute approximate surface area is 228 Å². The van der Waals surface area contributed by atoms with Crippen LogP contribution >= 0.6 is 115 Å². The second kappa shape index (κ2) is 9.29. The Morgan fingerprint density at radius 2 is 0.967 bits per heavy atom. The van der Waals surface area contributed by atoms with Crippen LogP contribution in [-0.4, -0.2) is 0 Å². The highest BCUT2D eigenvalue weighted by molar-refractivity contribution is 14.1. The Hall–Kier alpha value is 0.320. The molecule has 0 nitrogen and oxygen atoms in total. The summed E-state index contributed by atoms with van der Waals surface area (Å²) in [5, 5.41) is 3.95. The van der Waals surface area contributed by atoms with Crippen molar-refractivity contribution in [3.63, 3.8) is 0 Å². The van der Waals surface area contributed by atoms with E-state index < -0.39 is 0 Å². The predicted octanol–water partition coefficient (Wildman–Crippen LogP) is 10.9. The molecule has 0 unspecified atom stereocenters. The van der Waals surface area contributed by atoms with Crippen LogP contribution in [0.25, 0.3) is 20.2 Å². The highest BCUT2D eigenvalue weighted by Crippen LogP contribution is 2.56. The Morgan fingerprint density at radius 1 is 0.600 bits per heavy atom. The van der Waals surface area contributed by atoms with Crippen LogP contribution in [0.2, 0.25) is 10.0 Å². The van der Waals surface area contributed by atoms with Crippen molar-refractivity contribution < 1.29 is 0 Å². The first-order chi connectivity index (χ1) is 14.5. The largest absolute Gasteiger partial charge is 0.126 e. The van der Waals surface area contributed by atoms with Gasteiger partial charge in [0.15, 0.2) is 0 Å². The van der Waals surface area contributed by atoms with E-state index in [9.17, 15) is 0 Å². The minimum absolute atomic E-state index is 0.838. The Kier molecular flexibility index (Phi) is 6.85. The van der Waals surface area contributed by atoms with E-state index in [1.54, 1.807) is 46.2 Å². The van der Waals surface area contributed by atoms with E-state index in [-0.39, 0.29) is 0 Å². The molecule has 0 fully saturated rings. The molecule has 0 N–H and O–H groups in total. The van der Waals surface area contributed by atoms with Crippen molar-refractivity contribution in [3.8, 4) is 0 Å². The molecule has 0 amide bonds. The lowest BCUT2D eigenvalue weighted by atomic mass is 10.2. The molecule has 2 heterocycles. The molecule has 5 rings (SSSR count). The van der Waals surface area contributed by atoms with Crippen LogP contribution < -0.4 is 0 Å². The highest BCUT2D eigenvalue weighted by Gasteiger charge is 2.26. The standard InChI is InChI=1S/C22H10Cl2I2S4/c23-15-13-17(27-11-7-3-1-4-8-11)19-14(16(24)22(26)29-19)18(20(13)30-21(15)25)28-12-9-5-2-6-10-12/h1-10H. The molecule has 2 aromatic heterocycles. The van der Waals surface area contributed by atoms with E-state index in [2.05, 4.69) is 93.7 Å². The van der Waals surface area contributed by atoms with Crippen LogP contribution in [0.1, 0.15) is 0 Å². The van der Waals surface area contributed by atoms with Gasteiger partial charge in [0.2, 0.25) is 0 Å². The summed E-state index contributed by atoms with van der Waals surface area (Å²) in [6.07, 6.45) is 0. The lowest BCUT2D eigenvalue weighted by Crippen LogP contribution is -1.83. The minimum Gasteiger partial charge on any atom is -0.126 e. The third kappa shape index (κ3) is 4.04. The third-order valence-corrected chi connectivity index (χ3v) is 12.9. The zero-order valence-electron chi connectivity index (χ0n) is 14.9. The molecule has 30 heavy (non-hydrogen) atoms. The molecule has 0 radical (unpaired) electrons. The Bertz CT molecular complexity index is 1270. The second-order valence-electron chi connectivity index (χ2n) is 6.28. The van der Waals surface area contributed by atoms with Gasteiger partial charge in [-0.05, 0) is 69.4 Å². The van der Waals surface area contributed by atoms with E-state index in [0.717, 1.165) is 26.6 Å². The van der Waals surface area contributed by atoms with Crippen LogP contribution in [0.3, 0.4) is 0 Å². The summed E-state index contributed by atoms with van der Waals surface area (Å²) >= 11 is 25.5. The van der Waals surface area contributed by atoms with Crippen molar-refractivity contribution in [2.45, 2.75) is 19.6 Å². The molecule has 5 aromatic rings. The molecule has 0 aliphatic heterocycles. The van der Waals surface area contributed by atoms with Gasteiger partial charge >= 0.3 is 0 Å². The normalized spacial score (nSPS) is 11.6. The van der Waals surface area contributed by atoms with Crippen molar-refractivity contribution in [1.29, 1.82) is 0 Å². The Balaban J connectivity index is 1.86. The van der Waals surface area contributed by atoms with Crippen LogP contribution in [0.15, 0.2) is 80.2 Å². The second-order valence-corrected chi connectivity index (χ2v) is 14.9. The smallest absolute Gasteiger partial charge is 0.0853 e. The molecule has 8 heteroatoms. The average molecular weight is 727 g/mol. The van der Waals surface area contributed by atoms with Crippen molar-refractivity contribution in [3.05, 3.63) is 76.5 Å². The first-order valence-electron chi connectivity index (χ1n) is 8.71. The van der Waals surface area contributed by atoms with Gasteiger partial charge in [0.1, 0.15) is 0 Å². The Morgan fingerprint density at radius 3 is 1.33 bits per heavy atom. The molecule has 0 saturated heterocycles. The van der Waals surface area contributed by atoms with Gasteiger partial charge in [-0.15, -0.1) is 22.7 Å². The van der Waals surface area contributed by atoms with Crippen LogP contribution in [0.4, 0.5) is 0 Å². The van der Waals surface area contributed by atoms with Crippen molar-refractivity contribution in [1.82, 2.24) is 0 Å². The fourth-order valence-electron chi connectivity index (χ4n) is 3.13. The summed E-state index contributed by atoms with van der Waals surface area (Å²) < 4.78 is 4.63. The van der Waals surface area contributed by atoms with Gasteiger partial charge in [-0.1, -0.05) is 83.1 Å². The zero-order chi connectivity index (χ0) is 20.8. The van der Waals surface area contributed by atoms with Crippen LogP contribution in [0, 0.1) is 5.77 Å². The molecule has 0 bridgehead atoms. The van der Waals surface area contributed by atoms with Crippen LogP contribution in [-0.2, 0) is 0 Å². The van der Waals surface area contributed by atoms with E-state index in [4.69, 9.17) is 23.2 Å². The maximum atomic E-state index is 6.88. The summed E-state index contributed by atoms with van der Waals surface area (Å²) in [5.41, 5.74) is 0. The fourth-order valence-corrected chi connectivity index (χ4v) is 10.3. The third-order valence-electron chi connectivity index (χ3n) is 4.41. The van der Waals surface area contributed by atoms with E-state index in [1.807, 2.05) is 12.1 Å². The summed E-state index contributed by atoms with van der Waals surface area (Å²) in [7, 11) is 0. The monoisotopic (exact) mass is 726 g/mol. The molecule has 0 saturated carbocycles. The number of thiophene rings is 2. The molecule has 0 atom stereocenters. The van der Waals surface area contributed by atoms with Gasteiger partial charge in [0, 0.05) is 30.4 Å². The predicted molar refractivity (Wildman–Crippen MR) is 154 cm³/mol. The lowest BCUT2D eigenvalue weighted by molar-refractivity contribution is 1.45. The van der Waals surface area contributed by atoms with Crippen molar-refractivity contribution in [2.24, 2.45) is 0 Å². The molecule has 0 spiro atoms. The summed E-state index contributed by atoms with van der Waals surface area (Å²) in [6, 6.07) is 20.9. The van der Waals surface area contributed by atoms with E-state index in [1.165, 1.54) is 29.0 Å². The summed E-state index contributed by atoms with van der Waals surface area (Å²) in [6.45, 7) is 0. The first-order valence-corrected chi connectivity index (χ1v) is 14.9. The highest BCUT2D eigenvalue weighted by atomic mass is 127. The van der Waals surface area contributed by atoms with E-state index >= 15 is 0 Å².